The lowest BCUT2D eigenvalue weighted by atomic mass is 10.1. The van der Waals surface area contributed by atoms with Gasteiger partial charge in [0.25, 0.3) is 0 Å². The van der Waals surface area contributed by atoms with Crippen LogP contribution in [0.15, 0.2) is 18.3 Å². The van der Waals surface area contributed by atoms with E-state index in [9.17, 15) is 4.79 Å². The highest BCUT2D eigenvalue weighted by Crippen LogP contribution is 2.15. The summed E-state index contributed by atoms with van der Waals surface area (Å²) in [5.41, 5.74) is 0. The molecule has 3 rings (SSSR count). The van der Waals surface area contributed by atoms with Gasteiger partial charge in [0.1, 0.15) is 17.5 Å². The lowest BCUT2D eigenvalue weighted by Gasteiger charge is -2.27. The lowest BCUT2D eigenvalue weighted by molar-refractivity contribution is -0.118. The van der Waals surface area contributed by atoms with Gasteiger partial charge in [-0.05, 0) is 32.4 Å². The van der Waals surface area contributed by atoms with Gasteiger partial charge in [-0.25, -0.2) is 4.98 Å². The number of aryl methyl sites for hydroxylation is 2. The average molecular weight is 335 g/mol. The molecule has 1 amide bonds. The number of nitrogens with one attached hydrogen (secondary N) is 2. The van der Waals surface area contributed by atoms with Crippen molar-refractivity contribution >= 4 is 23.3 Å². The molecule has 122 valence electrons. The number of anilines is 1. The van der Waals surface area contributed by atoms with Crippen LogP contribution in [0.4, 0.5) is 5.82 Å². The average Bonchev–Trinajstić information content (AvgIpc) is 2.90. The van der Waals surface area contributed by atoms with Crippen LogP contribution in [0, 0.1) is 6.92 Å². The minimum absolute atomic E-state index is 0.119. The topological polar surface area (TPSA) is 84.7 Å². The predicted molar refractivity (Wildman–Crippen MR) is 87.3 cm³/mol. The highest BCUT2D eigenvalue weighted by Gasteiger charge is 2.24. The number of fused-ring (bicyclic) bond motifs is 1. The summed E-state index contributed by atoms with van der Waals surface area (Å²) in [6.07, 6.45) is 3.31. The molecule has 2 atom stereocenters. The summed E-state index contributed by atoms with van der Waals surface area (Å²) in [4.78, 5) is 16.3. The van der Waals surface area contributed by atoms with Gasteiger partial charge in [0, 0.05) is 25.2 Å². The molecular formula is C15H19ClN6O. The van der Waals surface area contributed by atoms with Crippen LogP contribution >= 0.6 is 11.6 Å². The quantitative estimate of drug-likeness (QED) is 0.886. The number of hydrogen-bond donors (Lipinski definition) is 2. The van der Waals surface area contributed by atoms with E-state index in [1.165, 1.54) is 6.20 Å². The van der Waals surface area contributed by atoms with E-state index in [2.05, 4.69) is 30.4 Å². The summed E-state index contributed by atoms with van der Waals surface area (Å²) in [6, 6.07) is 3.27. The Hall–Kier alpha value is -1.99. The molecule has 23 heavy (non-hydrogen) atoms. The molecule has 0 saturated heterocycles. The van der Waals surface area contributed by atoms with E-state index in [0.717, 1.165) is 31.0 Å². The van der Waals surface area contributed by atoms with Crippen LogP contribution in [0.5, 0.6) is 0 Å². The molecule has 2 unspecified atom stereocenters. The maximum atomic E-state index is 12.3. The fourth-order valence-electron chi connectivity index (χ4n) is 2.71. The standard InChI is InChI=1S/C15H19ClN6O/c1-9(15(23)19-13-5-3-11(16)7-17-13)18-12-4-6-14-21-20-10(2)22(14)8-12/h3,5,7,9,12,18H,4,6,8H2,1-2H3,(H,17,19,23). The van der Waals surface area contributed by atoms with Crippen LogP contribution in [-0.2, 0) is 17.8 Å². The van der Waals surface area contributed by atoms with Gasteiger partial charge in [-0.3, -0.25) is 4.79 Å². The van der Waals surface area contributed by atoms with Crippen molar-refractivity contribution in [2.75, 3.05) is 5.32 Å². The first-order valence-corrected chi connectivity index (χ1v) is 7.98. The fourth-order valence-corrected chi connectivity index (χ4v) is 2.82. The first kappa shape index (κ1) is 15.9. The zero-order valence-electron chi connectivity index (χ0n) is 13.1. The molecule has 2 aromatic heterocycles. The van der Waals surface area contributed by atoms with Gasteiger partial charge in [0.05, 0.1) is 11.1 Å². The second-order valence-electron chi connectivity index (χ2n) is 5.75. The van der Waals surface area contributed by atoms with Gasteiger partial charge in [0.2, 0.25) is 5.91 Å². The summed E-state index contributed by atoms with van der Waals surface area (Å²) in [7, 11) is 0. The van der Waals surface area contributed by atoms with Crippen LogP contribution in [0.3, 0.4) is 0 Å². The summed E-state index contributed by atoms with van der Waals surface area (Å²) in [5, 5.41) is 14.9. The number of aromatic nitrogens is 4. The summed E-state index contributed by atoms with van der Waals surface area (Å²) in [5.74, 6) is 2.30. The summed E-state index contributed by atoms with van der Waals surface area (Å²) >= 11 is 5.78. The molecule has 8 heteroatoms. The van der Waals surface area contributed by atoms with E-state index < -0.39 is 0 Å². The van der Waals surface area contributed by atoms with Crippen molar-refractivity contribution in [2.45, 2.75) is 45.3 Å². The van der Waals surface area contributed by atoms with Crippen LogP contribution in [-0.4, -0.2) is 37.7 Å². The number of nitrogens with zero attached hydrogens (tertiary/aromatic N) is 4. The number of carbonyl (C=O) groups excluding carboxylic acids is 1. The van der Waals surface area contributed by atoms with Gasteiger partial charge in [-0.2, -0.15) is 0 Å². The van der Waals surface area contributed by atoms with Crippen molar-refractivity contribution in [2.24, 2.45) is 0 Å². The Morgan fingerprint density at radius 3 is 3.00 bits per heavy atom. The smallest absolute Gasteiger partial charge is 0.242 e. The first-order chi connectivity index (χ1) is 11.0. The van der Waals surface area contributed by atoms with Gasteiger partial charge in [0.15, 0.2) is 0 Å². The third kappa shape index (κ3) is 3.68. The van der Waals surface area contributed by atoms with E-state index in [-0.39, 0.29) is 18.0 Å². The molecule has 0 saturated carbocycles. The van der Waals surface area contributed by atoms with Crippen molar-refractivity contribution in [3.05, 3.63) is 35.0 Å². The molecule has 2 aromatic rings. The largest absolute Gasteiger partial charge is 0.314 e. The van der Waals surface area contributed by atoms with E-state index in [4.69, 9.17) is 11.6 Å². The van der Waals surface area contributed by atoms with Crippen LogP contribution in [0.25, 0.3) is 0 Å². The van der Waals surface area contributed by atoms with E-state index >= 15 is 0 Å². The Kier molecular flexibility index (Phi) is 4.58. The van der Waals surface area contributed by atoms with E-state index in [1.54, 1.807) is 12.1 Å². The zero-order chi connectivity index (χ0) is 16.4. The minimum atomic E-state index is -0.323. The fraction of sp³-hybridized carbons (Fsp3) is 0.467. The van der Waals surface area contributed by atoms with Gasteiger partial charge >= 0.3 is 0 Å². The van der Waals surface area contributed by atoms with E-state index in [1.807, 2.05) is 13.8 Å². The molecule has 0 aliphatic carbocycles. The second-order valence-corrected chi connectivity index (χ2v) is 6.19. The molecule has 0 spiro atoms. The van der Waals surface area contributed by atoms with E-state index in [0.29, 0.717) is 10.8 Å². The van der Waals surface area contributed by atoms with Crippen molar-refractivity contribution in [1.82, 2.24) is 25.1 Å². The summed E-state index contributed by atoms with van der Waals surface area (Å²) in [6.45, 7) is 4.58. The normalized spacial score (nSPS) is 18.3. The van der Waals surface area contributed by atoms with Gasteiger partial charge < -0.3 is 15.2 Å². The Morgan fingerprint density at radius 1 is 1.43 bits per heavy atom. The van der Waals surface area contributed by atoms with Crippen molar-refractivity contribution in [1.29, 1.82) is 0 Å². The minimum Gasteiger partial charge on any atom is -0.314 e. The molecule has 2 N–H and O–H groups in total. The molecule has 7 nitrogen and oxygen atoms in total. The van der Waals surface area contributed by atoms with Gasteiger partial charge in [-0.15, -0.1) is 10.2 Å². The number of hydrogen-bond acceptors (Lipinski definition) is 5. The van der Waals surface area contributed by atoms with Crippen molar-refractivity contribution in [3.63, 3.8) is 0 Å². The lowest BCUT2D eigenvalue weighted by Crippen LogP contribution is -2.47. The number of rotatable bonds is 4. The maximum absolute atomic E-state index is 12.3. The van der Waals surface area contributed by atoms with Crippen LogP contribution in [0.2, 0.25) is 5.02 Å². The number of carbonyl (C=O) groups is 1. The number of pyridine rings is 1. The van der Waals surface area contributed by atoms with Crippen molar-refractivity contribution in [3.8, 4) is 0 Å². The predicted octanol–water partition coefficient (Wildman–Crippen LogP) is 1.57. The molecular weight excluding hydrogens is 316 g/mol. The van der Waals surface area contributed by atoms with Crippen LogP contribution < -0.4 is 10.6 Å². The molecule has 1 aliphatic rings. The molecule has 0 bridgehead atoms. The Labute approximate surface area is 139 Å². The molecule has 1 aliphatic heterocycles. The Bertz CT molecular complexity index is 698. The summed E-state index contributed by atoms with van der Waals surface area (Å²) < 4.78 is 2.10. The van der Waals surface area contributed by atoms with Crippen molar-refractivity contribution < 1.29 is 4.79 Å². The third-order valence-electron chi connectivity index (χ3n) is 3.99. The number of halogens is 1. The zero-order valence-corrected chi connectivity index (χ0v) is 13.8. The Morgan fingerprint density at radius 2 is 2.26 bits per heavy atom. The van der Waals surface area contributed by atoms with Crippen LogP contribution in [0.1, 0.15) is 25.0 Å². The monoisotopic (exact) mass is 334 g/mol. The SMILES string of the molecule is Cc1nnc2n1CC(NC(C)C(=O)Nc1ccc(Cl)cn1)CC2. The molecule has 0 fully saturated rings. The highest BCUT2D eigenvalue weighted by atomic mass is 35.5. The maximum Gasteiger partial charge on any atom is 0.242 e. The second kappa shape index (κ2) is 6.64. The molecule has 3 heterocycles. The first-order valence-electron chi connectivity index (χ1n) is 7.60. The molecule has 0 aromatic carbocycles. The third-order valence-corrected chi connectivity index (χ3v) is 4.21. The highest BCUT2D eigenvalue weighted by molar-refractivity contribution is 6.30. The molecule has 0 radical (unpaired) electrons. The number of amides is 1. The van der Waals surface area contributed by atoms with Gasteiger partial charge in [-0.1, -0.05) is 11.6 Å². The Balaban J connectivity index is 1.56.